The van der Waals surface area contributed by atoms with Gasteiger partial charge in [0, 0.05) is 6.07 Å². The first-order chi connectivity index (χ1) is 4.79. The van der Waals surface area contributed by atoms with E-state index in [4.69, 9.17) is 5.73 Å². The molecule has 0 aliphatic heterocycles. The number of primary amides is 1. The van der Waals surface area contributed by atoms with Gasteiger partial charge in [-0.1, -0.05) is 5.16 Å². The van der Waals surface area contributed by atoms with Gasteiger partial charge in [0.2, 0.25) is 0 Å². The maximum Gasteiger partial charge on any atom is 0.330 e. The lowest BCUT2D eigenvalue weighted by Crippen LogP contribution is -2.34. The summed E-state index contributed by atoms with van der Waals surface area (Å²) in [7, 11) is 0. The molecule has 1 heterocycles. The third kappa shape index (κ3) is 1.66. The number of nitrogens with two attached hydrogens (primary N) is 1. The van der Waals surface area contributed by atoms with Crippen LogP contribution in [0.2, 0.25) is 0 Å². The van der Waals surface area contributed by atoms with E-state index in [1.165, 1.54) is 12.3 Å². The number of carbonyl (C=O) groups is 1. The number of urea groups is 1. The van der Waals surface area contributed by atoms with Crippen LogP contribution in [0.4, 0.5) is 10.6 Å². The van der Waals surface area contributed by atoms with Gasteiger partial charge in [-0.2, -0.15) is 0 Å². The summed E-state index contributed by atoms with van der Waals surface area (Å²) >= 11 is 0. The Morgan fingerprint density at radius 2 is 2.60 bits per heavy atom. The fourth-order valence-electron chi connectivity index (χ4n) is 0.403. The lowest BCUT2D eigenvalue weighted by Gasteiger charge is -1.98. The van der Waals surface area contributed by atoms with Crippen molar-refractivity contribution in [2.24, 2.45) is 5.73 Å². The monoisotopic (exact) mass is 142 g/mol. The second kappa shape index (κ2) is 2.72. The van der Waals surface area contributed by atoms with Crippen molar-refractivity contribution in [3.63, 3.8) is 0 Å². The van der Waals surface area contributed by atoms with Gasteiger partial charge in [-0.15, -0.1) is 0 Å². The van der Waals surface area contributed by atoms with Crippen molar-refractivity contribution in [2.75, 3.05) is 5.43 Å². The molecule has 0 aromatic carbocycles. The Kier molecular flexibility index (Phi) is 1.74. The molecule has 0 radical (unpaired) electrons. The molecule has 6 heteroatoms. The Morgan fingerprint density at radius 3 is 3.10 bits per heavy atom. The van der Waals surface area contributed by atoms with Crippen LogP contribution in [-0.2, 0) is 0 Å². The highest BCUT2D eigenvalue weighted by atomic mass is 16.5. The zero-order valence-electron chi connectivity index (χ0n) is 5.00. The van der Waals surface area contributed by atoms with Crippen LogP contribution in [0.5, 0.6) is 0 Å². The van der Waals surface area contributed by atoms with Crippen LogP contribution in [0.25, 0.3) is 0 Å². The molecule has 0 saturated heterocycles. The molecule has 2 amide bonds. The van der Waals surface area contributed by atoms with Gasteiger partial charge in [0.25, 0.3) is 0 Å². The molecule has 0 atom stereocenters. The predicted molar refractivity (Wildman–Crippen MR) is 32.8 cm³/mol. The van der Waals surface area contributed by atoms with E-state index in [0.717, 1.165) is 0 Å². The molecule has 0 unspecified atom stereocenters. The Morgan fingerprint density at radius 1 is 1.80 bits per heavy atom. The number of hydrogen-bond acceptors (Lipinski definition) is 4. The molecule has 4 N–H and O–H groups in total. The molecule has 1 aromatic rings. The van der Waals surface area contributed by atoms with Gasteiger partial charge in [-0.3, -0.25) is 10.9 Å². The van der Waals surface area contributed by atoms with Crippen LogP contribution in [0.15, 0.2) is 16.9 Å². The van der Waals surface area contributed by atoms with Gasteiger partial charge in [0.15, 0.2) is 5.82 Å². The minimum Gasteiger partial charge on any atom is -0.363 e. The number of aromatic nitrogens is 1. The van der Waals surface area contributed by atoms with Crippen molar-refractivity contribution in [1.82, 2.24) is 10.6 Å². The lowest BCUT2D eigenvalue weighted by atomic mass is 10.7. The van der Waals surface area contributed by atoms with Crippen molar-refractivity contribution in [3.05, 3.63) is 12.3 Å². The molecular weight excluding hydrogens is 136 g/mol. The molecule has 0 aliphatic rings. The number of amides is 2. The minimum absolute atomic E-state index is 0.402. The largest absolute Gasteiger partial charge is 0.363 e. The first-order valence-corrected chi connectivity index (χ1v) is 2.51. The number of carbonyl (C=O) groups excluding carboxylic acids is 1. The fourth-order valence-corrected chi connectivity index (χ4v) is 0.403. The fraction of sp³-hybridized carbons (Fsp3) is 0. The van der Waals surface area contributed by atoms with Crippen LogP contribution < -0.4 is 16.6 Å². The Hall–Kier alpha value is -1.72. The third-order valence-electron chi connectivity index (χ3n) is 0.752. The minimum atomic E-state index is -0.678. The van der Waals surface area contributed by atoms with E-state index >= 15 is 0 Å². The summed E-state index contributed by atoms with van der Waals surface area (Å²) < 4.78 is 4.44. The molecule has 0 saturated carbocycles. The molecule has 1 rings (SSSR count). The predicted octanol–water partition coefficient (Wildman–Crippen LogP) is -0.330. The molecule has 10 heavy (non-hydrogen) atoms. The van der Waals surface area contributed by atoms with Crippen molar-refractivity contribution < 1.29 is 9.32 Å². The number of hydrogen-bond donors (Lipinski definition) is 3. The van der Waals surface area contributed by atoms with E-state index in [1.54, 1.807) is 0 Å². The average Bonchev–Trinajstić information content (AvgIpc) is 2.34. The summed E-state index contributed by atoms with van der Waals surface area (Å²) in [5.41, 5.74) is 9.25. The second-order valence-electron chi connectivity index (χ2n) is 1.50. The van der Waals surface area contributed by atoms with E-state index in [2.05, 4.69) is 20.5 Å². The zero-order chi connectivity index (χ0) is 7.40. The number of nitrogens with zero attached hydrogens (tertiary/aromatic N) is 1. The topological polar surface area (TPSA) is 93.2 Å². The molecule has 0 aliphatic carbocycles. The SMILES string of the molecule is NC(=O)NNc1ccon1. The van der Waals surface area contributed by atoms with Gasteiger partial charge in [0.05, 0.1) is 0 Å². The van der Waals surface area contributed by atoms with Crippen LogP contribution >= 0.6 is 0 Å². The third-order valence-corrected chi connectivity index (χ3v) is 0.752. The van der Waals surface area contributed by atoms with E-state index in [9.17, 15) is 4.79 Å². The molecule has 0 fully saturated rings. The zero-order valence-corrected chi connectivity index (χ0v) is 5.00. The normalized spacial score (nSPS) is 8.80. The van der Waals surface area contributed by atoms with Crippen LogP contribution in [-0.4, -0.2) is 11.2 Å². The maximum atomic E-state index is 10.1. The summed E-state index contributed by atoms with van der Waals surface area (Å²) in [6, 6.07) is 0.860. The number of hydrazine groups is 1. The summed E-state index contributed by atoms with van der Waals surface area (Å²) in [5, 5.41) is 3.43. The average molecular weight is 142 g/mol. The highest BCUT2D eigenvalue weighted by Gasteiger charge is 1.93. The van der Waals surface area contributed by atoms with Crippen molar-refractivity contribution >= 4 is 11.8 Å². The van der Waals surface area contributed by atoms with Crippen LogP contribution in [0.3, 0.4) is 0 Å². The molecular formula is C4H6N4O2. The summed E-state index contributed by atoms with van der Waals surface area (Å²) in [6.07, 6.45) is 1.37. The van der Waals surface area contributed by atoms with E-state index in [1.807, 2.05) is 0 Å². The van der Waals surface area contributed by atoms with E-state index in [-0.39, 0.29) is 0 Å². The highest BCUT2D eigenvalue weighted by molar-refractivity contribution is 5.72. The van der Waals surface area contributed by atoms with Crippen molar-refractivity contribution in [3.8, 4) is 0 Å². The highest BCUT2D eigenvalue weighted by Crippen LogP contribution is 1.97. The first-order valence-electron chi connectivity index (χ1n) is 2.51. The molecule has 1 aromatic heterocycles. The standard InChI is InChI=1S/C4H6N4O2/c5-4(9)7-6-3-1-2-10-8-3/h1-2H,(H,6,8)(H3,5,7,9). The Labute approximate surface area is 56.3 Å². The number of nitrogens with one attached hydrogen (secondary N) is 2. The summed E-state index contributed by atoms with van der Waals surface area (Å²) in [5.74, 6) is 0.402. The summed E-state index contributed by atoms with van der Waals surface area (Å²) in [6.45, 7) is 0. The second-order valence-corrected chi connectivity index (χ2v) is 1.50. The molecule has 54 valence electrons. The van der Waals surface area contributed by atoms with Crippen LogP contribution in [0, 0.1) is 0 Å². The van der Waals surface area contributed by atoms with Crippen molar-refractivity contribution in [1.29, 1.82) is 0 Å². The lowest BCUT2D eigenvalue weighted by molar-refractivity contribution is 0.250. The first kappa shape index (κ1) is 6.40. The molecule has 0 bridgehead atoms. The smallest absolute Gasteiger partial charge is 0.330 e. The van der Waals surface area contributed by atoms with E-state index < -0.39 is 6.03 Å². The van der Waals surface area contributed by atoms with Crippen molar-refractivity contribution in [2.45, 2.75) is 0 Å². The van der Waals surface area contributed by atoms with Gasteiger partial charge < -0.3 is 10.3 Å². The number of rotatable bonds is 2. The van der Waals surface area contributed by atoms with Crippen LogP contribution in [0.1, 0.15) is 0 Å². The van der Waals surface area contributed by atoms with Gasteiger partial charge in [-0.05, 0) is 0 Å². The van der Waals surface area contributed by atoms with Gasteiger partial charge >= 0.3 is 6.03 Å². The quantitative estimate of drug-likeness (QED) is 0.493. The number of anilines is 1. The Bertz CT molecular complexity index is 207. The molecule has 6 nitrogen and oxygen atoms in total. The Balaban J connectivity index is 2.35. The molecule has 0 spiro atoms. The maximum absolute atomic E-state index is 10.1. The summed E-state index contributed by atoms with van der Waals surface area (Å²) in [4.78, 5) is 10.1. The van der Waals surface area contributed by atoms with Gasteiger partial charge in [-0.25, -0.2) is 4.79 Å². The van der Waals surface area contributed by atoms with E-state index in [0.29, 0.717) is 5.82 Å². The van der Waals surface area contributed by atoms with Gasteiger partial charge in [0.1, 0.15) is 6.26 Å².